The second-order valence-electron chi connectivity index (χ2n) is 10.1. The smallest absolute Gasteiger partial charge is 0.408 e. The Labute approximate surface area is 222 Å². The largest absolute Gasteiger partial charge is 0.507 e. The summed E-state index contributed by atoms with van der Waals surface area (Å²) in [6, 6.07) is 9.70. The molecule has 8 nitrogen and oxygen atoms in total. The Morgan fingerprint density at radius 2 is 1.87 bits per heavy atom. The number of carbonyl (C=O) groups is 2. The minimum absolute atomic E-state index is 0.231. The van der Waals surface area contributed by atoms with Crippen molar-refractivity contribution >= 4 is 28.9 Å². The molecule has 3 rings (SSSR count). The monoisotopic (exact) mass is 520 g/mol. The highest BCUT2D eigenvalue weighted by atomic mass is 16.4. The fourth-order valence-electron chi connectivity index (χ4n) is 4.31. The molecule has 0 aliphatic heterocycles. The summed E-state index contributed by atoms with van der Waals surface area (Å²) in [5.74, 6) is -0.362. The van der Waals surface area contributed by atoms with Crippen LogP contribution in [0.25, 0.3) is 17.0 Å². The van der Waals surface area contributed by atoms with Gasteiger partial charge in [0.15, 0.2) is 5.78 Å². The normalized spacial score (nSPS) is 12.9. The molecule has 2 aromatic heterocycles. The van der Waals surface area contributed by atoms with Gasteiger partial charge in [-0.15, -0.1) is 0 Å². The molecule has 38 heavy (non-hydrogen) atoms. The van der Waals surface area contributed by atoms with E-state index in [0.29, 0.717) is 24.3 Å². The Hall–Kier alpha value is -4.07. The van der Waals surface area contributed by atoms with Gasteiger partial charge in [0.1, 0.15) is 17.1 Å². The van der Waals surface area contributed by atoms with Crippen molar-refractivity contribution in [2.45, 2.75) is 59.3 Å². The number of carboxylic acid groups (broad SMARTS) is 1. The van der Waals surface area contributed by atoms with Crippen molar-refractivity contribution in [3.8, 4) is 5.75 Å². The Kier molecular flexibility index (Phi) is 9.34. The lowest BCUT2D eigenvalue weighted by atomic mass is 9.99. The van der Waals surface area contributed by atoms with Crippen molar-refractivity contribution in [2.24, 2.45) is 13.0 Å². The minimum atomic E-state index is -1.15. The van der Waals surface area contributed by atoms with Gasteiger partial charge in [-0.2, -0.15) is 0 Å². The highest BCUT2D eigenvalue weighted by molar-refractivity contribution is 6.12. The quantitative estimate of drug-likeness (QED) is 0.199. The third-order valence-corrected chi connectivity index (χ3v) is 6.63. The lowest BCUT2D eigenvalue weighted by Crippen LogP contribution is -2.16. The molecule has 1 aromatic carbocycles. The van der Waals surface area contributed by atoms with Crippen LogP contribution in [0.3, 0.4) is 0 Å². The summed E-state index contributed by atoms with van der Waals surface area (Å²) < 4.78 is 7.38. The fraction of sp³-hybridized carbons (Fsp3) is 0.367. The van der Waals surface area contributed by atoms with Crippen LogP contribution in [0.2, 0.25) is 0 Å². The second-order valence-corrected chi connectivity index (χ2v) is 10.1. The van der Waals surface area contributed by atoms with Crippen LogP contribution in [-0.2, 0) is 13.5 Å². The standard InChI is InChI=1S/C30H36N2O6/c1-18(2)9-10-21-11-12-24-22(15-21)16-23(32(24)5)14-20(4)28(34)27-25(33)17-26(38-29(27)35)19(3)8-6-7-13-31-30(36)37/h7,11-19,31,33H,6,8-10H2,1-5H3,(H,36,37). The zero-order valence-electron chi connectivity index (χ0n) is 22.6. The van der Waals surface area contributed by atoms with Crippen molar-refractivity contribution in [3.05, 3.63) is 81.2 Å². The average molecular weight is 521 g/mol. The summed E-state index contributed by atoms with van der Waals surface area (Å²) in [4.78, 5) is 36.3. The molecule has 0 radical (unpaired) electrons. The molecule has 0 fully saturated rings. The van der Waals surface area contributed by atoms with Gasteiger partial charge in [0, 0.05) is 41.8 Å². The van der Waals surface area contributed by atoms with Gasteiger partial charge in [0.25, 0.3) is 0 Å². The number of allylic oxidation sites excluding steroid dienone is 2. The first-order valence-corrected chi connectivity index (χ1v) is 12.8. The van der Waals surface area contributed by atoms with E-state index in [0.717, 1.165) is 29.4 Å². The van der Waals surface area contributed by atoms with Gasteiger partial charge in [0.2, 0.25) is 0 Å². The predicted molar refractivity (Wildman–Crippen MR) is 149 cm³/mol. The molecule has 0 bridgehead atoms. The maximum absolute atomic E-state index is 13.1. The number of aromatic nitrogens is 1. The van der Waals surface area contributed by atoms with Crippen LogP contribution in [-0.4, -0.2) is 26.7 Å². The topological polar surface area (TPSA) is 122 Å². The van der Waals surface area contributed by atoms with Crippen LogP contribution in [0.4, 0.5) is 4.79 Å². The summed E-state index contributed by atoms with van der Waals surface area (Å²) in [6.07, 6.45) is 6.72. The van der Waals surface area contributed by atoms with Crippen LogP contribution in [0.15, 0.2) is 57.4 Å². The number of ketones is 1. The van der Waals surface area contributed by atoms with E-state index < -0.39 is 28.8 Å². The van der Waals surface area contributed by atoms with E-state index in [1.54, 1.807) is 19.1 Å². The fourth-order valence-corrected chi connectivity index (χ4v) is 4.31. The molecule has 3 N–H and O–H groups in total. The number of Topliss-reactive ketones (excluding diaryl/α,β-unsaturated/α-hetero) is 1. The van der Waals surface area contributed by atoms with Crippen LogP contribution in [0.1, 0.15) is 80.3 Å². The first kappa shape index (κ1) is 28.5. The number of amides is 1. The van der Waals surface area contributed by atoms with E-state index in [2.05, 4.69) is 37.4 Å². The Morgan fingerprint density at radius 1 is 1.13 bits per heavy atom. The molecule has 8 heteroatoms. The molecule has 0 spiro atoms. The molecule has 3 aromatic rings. The zero-order chi connectivity index (χ0) is 28.0. The second kappa shape index (κ2) is 12.4. The van der Waals surface area contributed by atoms with Crippen LogP contribution in [0, 0.1) is 5.92 Å². The van der Waals surface area contributed by atoms with Crippen molar-refractivity contribution < 1.29 is 24.2 Å². The highest BCUT2D eigenvalue weighted by Crippen LogP contribution is 2.27. The van der Waals surface area contributed by atoms with E-state index in [1.165, 1.54) is 17.8 Å². The van der Waals surface area contributed by atoms with Crippen LogP contribution >= 0.6 is 0 Å². The number of nitrogens with zero attached hydrogens (tertiary/aromatic N) is 1. The van der Waals surface area contributed by atoms with E-state index >= 15 is 0 Å². The number of carbonyl (C=O) groups excluding carboxylic acids is 1. The Morgan fingerprint density at radius 3 is 2.53 bits per heavy atom. The summed E-state index contributed by atoms with van der Waals surface area (Å²) in [5.41, 5.74) is 2.14. The molecule has 1 unspecified atom stereocenters. The van der Waals surface area contributed by atoms with Crippen LogP contribution in [0.5, 0.6) is 5.75 Å². The van der Waals surface area contributed by atoms with E-state index in [9.17, 15) is 19.5 Å². The molecule has 0 aliphatic rings. The first-order valence-electron chi connectivity index (χ1n) is 12.8. The SMILES string of the molecule is CC(=Cc1cc2cc(CCC(C)C)ccc2n1C)C(=O)c1c(O)cc(C(C)CCC=CNC(=O)O)oc1=O. The number of rotatable bonds is 11. The maximum atomic E-state index is 13.1. The molecular formula is C30H36N2O6. The average Bonchev–Trinajstić information content (AvgIpc) is 3.15. The number of hydrogen-bond acceptors (Lipinski definition) is 5. The van der Waals surface area contributed by atoms with Gasteiger partial charge >= 0.3 is 11.7 Å². The number of fused-ring (bicyclic) bond motifs is 1. The number of aromatic hydroxyl groups is 1. The van der Waals surface area contributed by atoms with Gasteiger partial charge in [-0.25, -0.2) is 9.59 Å². The molecule has 2 heterocycles. The predicted octanol–water partition coefficient (Wildman–Crippen LogP) is 6.38. The van der Waals surface area contributed by atoms with Crippen molar-refractivity contribution in [1.29, 1.82) is 0 Å². The summed E-state index contributed by atoms with van der Waals surface area (Å²) in [7, 11) is 1.93. The summed E-state index contributed by atoms with van der Waals surface area (Å²) >= 11 is 0. The minimum Gasteiger partial charge on any atom is -0.507 e. The Balaban J connectivity index is 1.79. The van der Waals surface area contributed by atoms with Gasteiger partial charge in [0.05, 0.1) is 0 Å². The van der Waals surface area contributed by atoms with Crippen molar-refractivity contribution in [2.75, 3.05) is 0 Å². The van der Waals surface area contributed by atoms with Crippen LogP contribution < -0.4 is 10.9 Å². The van der Waals surface area contributed by atoms with Crippen molar-refractivity contribution in [3.63, 3.8) is 0 Å². The van der Waals surface area contributed by atoms with E-state index in [-0.39, 0.29) is 11.7 Å². The van der Waals surface area contributed by atoms with Gasteiger partial charge in [-0.1, -0.05) is 32.9 Å². The van der Waals surface area contributed by atoms with Gasteiger partial charge in [-0.3, -0.25) is 10.1 Å². The van der Waals surface area contributed by atoms with Gasteiger partial charge in [-0.05, 0) is 73.9 Å². The molecule has 0 saturated carbocycles. The first-order chi connectivity index (χ1) is 18.0. The zero-order valence-corrected chi connectivity index (χ0v) is 22.6. The summed E-state index contributed by atoms with van der Waals surface area (Å²) in [6.45, 7) is 7.84. The third kappa shape index (κ3) is 7.03. The van der Waals surface area contributed by atoms with Crippen molar-refractivity contribution in [1.82, 2.24) is 9.88 Å². The number of nitrogens with one attached hydrogen (secondary N) is 1. The molecular weight excluding hydrogens is 484 g/mol. The molecule has 0 saturated heterocycles. The lowest BCUT2D eigenvalue weighted by Gasteiger charge is -2.11. The Bertz CT molecular complexity index is 1440. The highest BCUT2D eigenvalue weighted by Gasteiger charge is 2.22. The lowest BCUT2D eigenvalue weighted by molar-refractivity contribution is 0.102. The maximum Gasteiger partial charge on any atom is 0.408 e. The third-order valence-electron chi connectivity index (χ3n) is 6.63. The summed E-state index contributed by atoms with van der Waals surface area (Å²) in [5, 5.41) is 22.3. The molecule has 1 amide bonds. The number of aryl methyl sites for hydroxylation is 2. The molecule has 202 valence electrons. The number of hydrogen-bond donors (Lipinski definition) is 3. The van der Waals surface area contributed by atoms with E-state index in [1.807, 2.05) is 24.6 Å². The van der Waals surface area contributed by atoms with Gasteiger partial charge < -0.3 is 19.2 Å². The van der Waals surface area contributed by atoms with E-state index in [4.69, 9.17) is 9.52 Å². The number of benzene rings is 1. The molecule has 0 aliphatic carbocycles. The molecule has 1 atom stereocenters.